The summed E-state index contributed by atoms with van der Waals surface area (Å²) in [6.45, 7) is 2.65. The van der Waals surface area contributed by atoms with Crippen molar-refractivity contribution in [1.82, 2.24) is 15.5 Å². The smallest absolute Gasteiger partial charge is 0.243 e. The Morgan fingerprint density at radius 1 is 1.21 bits per heavy atom. The average molecular weight is 265 g/mol. The predicted molar refractivity (Wildman–Crippen MR) is 70.8 cm³/mol. The molecule has 1 aromatic rings. The molecule has 2 fully saturated rings. The molecule has 0 unspecified atom stereocenters. The number of rotatable bonds is 6. The summed E-state index contributed by atoms with van der Waals surface area (Å²) in [5, 5.41) is 7.39. The molecule has 2 aliphatic rings. The first kappa shape index (κ1) is 13.1. The lowest BCUT2D eigenvalue weighted by atomic mass is 10.1. The van der Waals surface area contributed by atoms with Gasteiger partial charge in [0.05, 0.1) is 12.6 Å². The second-order valence-electron chi connectivity index (χ2n) is 5.67. The van der Waals surface area contributed by atoms with E-state index in [-0.39, 0.29) is 6.04 Å². The van der Waals surface area contributed by atoms with Gasteiger partial charge in [-0.3, -0.25) is 0 Å². The highest BCUT2D eigenvalue weighted by molar-refractivity contribution is 4.95. The Bertz CT molecular complexity index is 382. The monoisotopic (exact) mass is 265 g/mol. The van der Waals surface area contributed by atoms with Crippen LogP contribution in [0.5, 0.6) is 0 Å². The summed E-state index contributed by atoms with van der Waals surface area (Å²) >= 11 is 0. The van der Waals surface area contributed by atoms with Gasteiger partial charge in [0.25, 0.3) is 0 Å². The van der Waals surface area contributed by atoms with E-state index in [0.717, 1.165) is 43.6 Å². The highest BCUT2D eigenvalue weighted by Crippen LogP contribution is 2.24. The molecule has 1 aliphatic carbocycles. The van der Waals surface area contributed by atoms with E-state index < -0.39 is 0 Å². The van der Waals surface area contributed by atoms with E-state index >= 15 is 0 Å². The van der Waals surface area contributed by atoms with Gasteiger partial charge in [0.2, 0.25) is 5.89 Å². The van der Waals surface area contributed by atoms with E-state index in [1.54, 1.807) is 0 Å². The van der Waals surface area contributed by atoms with Crippen molar-refractivity contribution in [3.05, 3.63) is 11.7 Å². The van der Waals surface area contributed by atoms with Crippen LogP contribution in [0, 0.1) is 5.92 Å². The van der Waals surface area contributed by atoms with Gasteiger partial charge in [0.1, 0.15) is 0 Å². The molecule has 1 aromatic heterocycles. The van der Waals surface area contributed by atoms with Crippen LogP contribution in [0.25, 0.3) is 0 Å². The maximum atomic E-state index is 5.72. The van der Waals surface area contributed by atoms with Crippen molar-refractivity contribution in [2.75, 3.05) is 19.8 Å². The Morgan fingerprint density at radius 3 is 2.89 bits per heavy atom. The normalized spacial score (nSPS) is 24.3. The minimum absolute atomic E-state index is 0.264. The third-order valence-electron chi connectivity index (χ3n) is 4.14. The molecule has 0 aromatic carbocycles. The number of ether oxygens (including phenoxy) is 1. The van der Waals surface area contributed by atoms with Gasteiger partial charge in [-0.15, -0.1) is 0 Å². The highest BCUT2D eigenvalue weighted by Gasteiger charge is 2.22. The van der Waals surface area contributed by atoms with Crippen molar-refractivity contribution in [1.29, 1.82) is 0 Å². The van der Waals surface area contributed by atoms with Crippen molar-refractivity contribution in [2.24, 2.45) is 5.92 Å². The molecule has 1 aliphatic heterocycles. The van der Waals surface area contributed by atoms with Gasteiger partial charge in [-0.25, -0.2) is 0 Å². The topological polar surface area (TPSA) is 60.2 Å². The molecule has 5 nitrogen and oxygen atoms in total. The molecule has 1 saturated heterocycles. The van der Waals surface area contributed by atoms with E-state index in [0.29, 0.717) is 6.61 Å². The standard InChI is InChI=1S/C14H23N3O2/c1-2-5-11(4-1)10-18-9-7-13-16-14(19-17-13)12-6-3-8-15-12/h11-12,15H,1-10H2/t12-/m1/s1. The van der Waals surface area contributed by atoms with Crippen LogP contribution < -0.4 is 5.32 Å². The molecule has 106 valence electrons. The van der Waals surface area contributed by atoms with Crippen LogP contribution in [-0.2, 0) is 11.2 Å². The lowest BCUT2D eigenvalue weighted by Gasteiger charge is -2.08. The third-order valence-corrected chi connectivity index (χ3v) is 4.14. The molecule has 0 bridgehead atoms. The zero-order valence-corrected chi connectivity index (χ0v) is 11.4. The maximum absolute atomic E-state index is 5.72. The summed E-state index contributed by atoms with van der Waals surface area (Å²) in [5.74, 6) is 2.29. The molecule has 3 rings (SSSR count). The fraction of sp³-hybridized carbons (Fsp3) is 0.857. The van der Waals surface area contributed by atoms with Gasteiger partial charge in [0.15, 0.2) is 5.82 Å². The third kappa shape index (κ3) is 3.54. The molecular weight excluding hydrogens is 242 g/mol. The van der Waals surface area contributed by atoms with Crippen LogP contribution in [0.3, 0.4) is 0 Å². The Kier molecular flexibility index (Phi) is 4.45. The Hall–Kier alpha value is -0.940. The SMILES string of the molecule is C1CCC(COCCc2noc([C@H]3CCCN3)n2)C1. The zero-order chi connectivity index (χ0) is 12.9. The van der Waals surface area contributed by atoms with E-state index in [1.165, 1.54) is 32.1 Å². The van der Waals surface area contributed by atoms with E-state index in [9.17, 15) is 0 Å². The number of nitrogens with zero attached hydrogens (tertiary/aromatic N) is 2. The van der Waals surface area contributed by atoms with Gasteiger partial charge >= 0.3 is 0 Å². The number of hydrogen-bond donors (Lipinski definition) is 1. The fourth-order valence-corrected chi connectivity index (χ4v) is 3.00. The largest absolute Gasteiger partial charge is 0.381 e. The first-order chi connectivity index (χ1) is 9.42. The molecule has 2 heterocycles. The molecule has 19 heavy (non-hydrogen) atoms. The second kappa shape index (κ2) is 6.48. The van der Waals surface area contributed by atoms with Crippen LogP contribution in [0.15, 0.2) is 4.52 Å². The average Bonchev–Trinajstić information content (AvgIpc) is 3.15. The number of hydrogen-bond acceptors (Lipinski definition) is 5. The van der Waals surface area contributed by atoms with Crippen molar-refractivity contribution in [3.63, 3.8) is 0 Å². The molecule has 0 spiro atoms. The number of nitrogens with one attached hydrogen (secondary N) is 1. The lowest BCUT2D eigenvalue weighted by molar-refractivity contribution is 0.102. The molecular formula is C14H23N3O2. The second-order valence-corrected chi connectivity index (χ2v) is 5.67. The van der Waals surface area contributed by atoms with Gasteiger partial charge < -0.3 is 14.6 Å². The maximum Gasteiger partial charge on any atom is 0.243 e. The molecule has 1 saturated carbocycles. The van der Waals surface area contributed by atoms with E-state index in [2.05, 4.69) is 15.5 Å². The van der Waals surface area contributed by atoms with Crippen LogP contribution in [-0.4, -0.2) is 29.9 Å². The van der Waals surface area contributed by atoms with Crippen LogP contribution in [0.4, 0.5) is 0 Å². The van der Waals surface area contributed by atoms with Crippen molar-refractivity contribution >= 4 is 0 Å². The Balaban J connectivity index is 1.37. The van der Waals surface area contributed by atoms with Gasteiger partial charge in [-0.1, -0.05) is 18.0 Å². The van der Waals surface area contributed by atoms with Crippen LogP contribution >= 0.6 is 0 Å². The van der Waals surface area contributed by atoms with Crippen molar-refractivity contribution < 1.29 is 9.26 Å². The molecule has 0 amide bonds. The van der Waals surface area contributed by atoms with Gasteiger partial charge in [-0.05, 0) is 38.1 Å². The Morgan fingerprint density at radius 2 is 2.11 bits per heavy atom. The fourth-order valence-electron chi connectivity index (χ4n) is 3.00. The summed E-state index contributed by atoms with van der Waals surface area (Å²) in [6, 6.07) is 0.264. The van der Waals surface area contributed by atoms with E-state index in [1.807, 2.05) is 0 Å². The molecule has 1 atom stereocenters. The highest BCUT2D eigenvalue weighted by atomic mass is 16.5. The lowest BCUT2D eigenvalue weighted by Crippen LogP contribution is -2.13. The molecule has 5 heteroatoms. The summed E-state index contributed by atoms with van der Waals surface area (Å²) in [4.78, 5) is 4.44. The molecule has 0 radical (unpaired) electrons. The Labute approximate surface area is 114 Å². The summed E-state index contributed by atoms with van der Waals surface area (Å²) in [6.07, 6.45) is 8.45. The quantitative estimate of drug-likeness (QED) is 0.799. The molecule has 1 N–H and O–H groups in total. The van der Waals surface area contributed by atoms with E-state index in [4.69, 9.17) is 9.26 Å². The first-order valence-corrected chi connectivity index (χ1v) is 7.55. The summed E-state index contributed by atoms with van der Waals surface area (Å²) < 4.78 is 11.0. The zero-order valence-electron chi connectivity index (χ0n) is 11.4. The van der Waals surface area contributed by atoms with Crippen LogP contribution in [0.2, 0.25) is 0 Å². The summed E-state index contributed by atoms with van der Waals surface area (Å²) in [5.41, 5.74) is 0. The van der Waals surface area contributed by atoms with Gasteiger partial charge in [0, 0.05) is 13.0 Å². The first-order valence-electron chi connectivity index (χ1n) is 7.55. The predicted octanol–water partition coefficient (Wildman–Crippen LogP) is 2.24. The number of aromatic nitrogens is 2. The van der Waals surface area contributed by atoms with Crippen molar-refractivity contribution in [2.45, 2.75) is 51.0 Å². The minimum Gasteiger partial charge on any atom is -0.381 e. The minimum atomic E-state index is 0.264. The van der Waals surface area contributed by atoms with Crippen molar-refractivity contribution in [3.8, 4) is 0 Å². The summed E-state index contributed by atoms with van der Waals surface area (Å²) in [7, 11) is 0. The van der Waals surface area contributed by atoms with Crippen LogP contribution in [0.1, 0.15) is 56.3 Å². The van der Waals surface area contributed by atoms with Gasteiger partial charge in [-0.2, -0.15) is 4.98 Å².